The number of hydrogen-bond donors (Lipinski definition) is 1. The first-order chi connectivity index (χ1) is 6.63. The van der Waals surface area contributed by atoms with Gasteiger partial charge in [-0.3, -0.25) is 4.79 Å². The molecule has 0 spiro atoms. The van der Waals surface area contributed by atoms with Crippen molar-refractivity contribution < 1.29 is 9.90 Å². The van der Waals surface area contributed by atoms with Crippen molar-refractivity contribution in [2.75, 3.05) is 0 Å². The molecule has 14 heavy (non-hydrogen) atoms. The van der Waals surface area contributed by atoms with Crippen LogP contribution in [0, 0.1) is 0 Å². The van der Waals surface area contributed by atoms with Gasteiger partial charge in [0.25, 0.3) is 0 Å². The zero-order chi connectivity index (χ0) is 10.6. The number of hydrogen-bond acceptors (Lipinski definition) is 1. The molecule has 2 nitrogen and oxygen atoms in total. The molecule has 0 unspecified atom stereocenters. The first-order valence-corrected chi connectivity index (χ1v) is 5.00. The fourth-order valence-electron chi connectivity index (χ4n) is 1.31. The van der Waals surface area contributed by atoms with Crippen LogP contribution in [0.1, 0.15) is 24.5 Å². The average Bonchev–Trinajstić information content (AvgIpc) is 2.16. The van der Waals surface area contributed by atoms with Gasteiger partial charge in [0.15, 0.2) is 0 Å². The fourth-order valence-corrected chi connectivity index (χ4v) is 1.56. The highest BCUT2D eigenvalue weighted by molar-refractivity contribution is 6.31. The van der Waals surface area contributed by atoms with E-state index in [0.717, 1.165) is 22.6 Å². The first-order valence-electron chi connectivity index (χ1n) is 4.62. The normalized spacial score (nSPS) is 10.1. The van der Waals surface area contributed by atoms with Gasteiger partial charge in [0.1, 0.15) is 0 Å². The number of aliphatic carboxylic acids is 1. The van der Waals surface area contributed by atoms with Crippen LogP contribution >= 0.6 is 11.6 Å². The van der Waals surface area contributed by atoms with Gasteiger partial charge in [0.05, 0.1) is 0 Å². The maximum atomic E-state index is 10.4. The molecule has 3 heteroatoms. The minimum atomic E-state index is -0.766. The van der Waals surface area contributed by atoms with Crippen LogP contribution in [0.25, 0.3) is 0 Å². The Kier molecular flexibility index (Phi) is 3.96. The van der Waals surface area contributed by atoms with Crippen LogP contribution in [0.15, 0.2) is 18.2 Å². The van der Waals surface area contributed by atoms with Crippen molar-refractivity contribution in [1.29, 1.82) is 0 Å². The summed E-state index contributed by atoms with van der Waals surface area (Å²) in [5.74, 6) is -0.766. The standard InChI is InChI=1S/C11H13ClO2/c1-2-9-7-8(3-5-10(9)12)4-6-11(13)14/h3,5,7H,2,4,6H2,1H3,(H,13,14). The lowest BCUT2D eigenvalue weighted by Gasteiger charge is -2.04. The summed E-state index contributed by atoms with van der Waals surface area (Å²) >= 11 is 5.94. The Morgan fingerprint density at radius 1 is 1.50 bits per heavy atom. The van der Waals surface area contributed by atoms with E-state index in [2.05, 4.69) is 0 Å². The Balaban J connectivity index is 2.74. The van der Waals surface area contributed by atoms with Gasteiger partial charge in [0, 0.05) is 11.4 Å². The summed E-state index contributed by atoms with van der Waals surface area (Å²) in [4.78, 5) is 10.4. The Morgan fingerprint density at radius 3 is 2.79 bits per heavy atom. The topological polar surface area (TPSA) is 37.3 Å². The van der Waals surface area contributed by atoms with E-state index in [0.29, 0.717) is 6.42 Å². The van der Waals surface area contributed by atoms with Crippen LogP contribution in [-0.4, -0.2) is 11.1 Å². The highest BCUT2D eigenvalue weighted by Crippen LogP contribution is 2.18. The van der Waals surface area contributed by atoms with E-state index in [-0.39, 0.29) is 6.42 Å². The number of carbonyl (C=O) groups is 1. The van der Waals surface area contributed by atoms with Gasteiger partial charge in [-0.1, -0.05) is 30.7 Å². The van der Waals surface area contributed by atoms with E-state index in [9.17, 15) is 4.79 Å². The Labute approximate surface area is 88.5 Å². The first kappa shape index (κ1) is 11.1. The molecular weight excluding hydrogens is 200 g/mol. The molecule has 0 bridgehead atoms. The molecule has 1 aromatic rings. The maximum absolute atomic E-state index is 10.4. The molecule has 0 aromatic heterocycles. The molecule has 0 aliphatic carbocycles. The van der Waals surface area contributed by atoms with Crippen molar-refractivity contribution in [1.82, 2.24) is 0 Å². The predicted octanol–water partition coefficient (Wildman–Crippen LogP) is 2.92. The second-order valence-corrected chi connectivity index (χ2v) is 3.58. The number of halogens is 1. The lowest BCUT2D eigenvalue weighted by Crippen LogP contribution is -1.98. The second-order valence-electron chi connectivity index (χ2n) is 3.17. The second kappa shape index (κ2) is 5.01. The zero-order valence-electron chi connectivity index (χ0n) is 8.09. The van der Waals surface area contributed by atoms with E-state index in [1.165, 1.54) is 0 Å². The number of aryl methyl sites for hydroxylation is 2. The Morgan fingerprint density at radius 2 is 2.21 bits per heavy atom. The summed E-state index contributed by atoms with van der Waals surface area (Å²) in [6.07, 6.45) is 1.62. The molecule has 0 saturated heterocycles. The molecule has 0 aliphatic rings. The van der Waals surface area contributed by atoms with Crippen LogP contribution in [0.2, 0.25) is 5.02 Å². The van der Waals surface area contributed by atoms with E-state index in [4.69, 9.17) is 16.7 Å². The number of rotatable bonds is 4. The molecule has 0 aliphatic heterocycles. The molecule has 76 valence electrons. The SMILES string of the molecule is CCc1cc(CCC(=O)O)ccc1Cl. The highest BCUT2D eigenvalue weighted by Gasteiger charge is 2.02. The average molecular weight is 213 g/mol. The summed E-state index contributed by atoms with van der Waals surface area (Å²) in [6.45, 7) is 2.03. The lowest BCUT2D eigenvalue weighted by atomic mass is 10.1. The van der Waals surface area contributed by atoms with Crippen LogP contribution < -0.4 is 0 Å². The van der Waals surface area contributed by atoms with E-state index in [1.807, 2.05) is 25.1 Å². The van der Waals surface area contributed by atoms with Gasteiger partial charge in [-0.25, -0.2) is 0 Å². The smallest absolute Gasteiger partial charge is 0.303 e. The third kappa shape index (κ3) is 3.04. The third-order valence-corrected chi connectivity index (χ3v) is 2.49. The lowest BCUT2D eigenvalue weighted by molar-refractivity contribution is -0.136. The molecule has 0 heterocycles. The summed E-state index contributed by atoms with van der Waals surface area (Å²) in [6, 6.07) is 5.69. The van der Waals surface area contributed by atoms with Crippen LogP contribution in [0.5, 0.6) is 0 Å². The quantitative estimate of drug-likeness (QED) is 0.833. The summed E-state index contributed by atoms with van der Waals surface area (Å²) in [7, 11) is 0. The van der Waals surface area contributed by atoms with Gasteiger partial charge in [-0.05, 0) is 30.0 Å². The van der Waals surface area contributed by atoms with E-state index in [1.54, 1.807) is 0 Å². The largest absolute Gasteiger partial charge is 0.481 e. The zero-order valence-corrected chi connectivity index (χ0v) is 8.84. The number of benzene rings is 1. The molecule has 1 N–H and O–H groups in total. The van der Waals surface area contributed by atoms with Crippen LogP contribution in [0.4, 0.5) is 0 Å². The van der Waals surface area contributed by atoms with Crippen molar-refractivity contribution in [2.45, 2.75) is 26.2 Å². The van der Waals surface area contributed by atoms with E-state index < -0.39 is 5.97 Å². The molecule has 0 fully saturated rings. The van der Waals surface area contributed by atoms with Crippen molar-refractivity contribution in [2.24, 2.45) is 0 Å². The molecular formula is C11H13ClO2. The number of carboxylic acids is 1. The van der Waals surface area contributed by atoms with Gasteiger partial charge in [0.2, 0.25) is 0 Å². The molecule has 1 rings (SSSR count). The molecule has 1 aromatic carbocycles. The molecule has 0 radical (unpaired) electrons. The maximum Gasteiger partial charge on any atom is 0.303 e. The van der Waals surface area contributed by atoms with Gasteiger partial charge in [-0.15, -0.1) is 0 Å². The predicted molar refractivity (Wildman–Crippen MR) is 56.8 cm³/mol. The van der Waals surface area contributed by atoms with Gasteiger partial charge < -0.3 is 5.11 Å². The van der Waals surface area contributed by atoms with E-state index >= 15 is 0 Å². The number of carboxylic acid groups (broad SMARTS) is 1. The highest BCUT2D eigenvalue weighted by atomic mass is 35.5. The Bertz CT molecular complexity index is 334. The van der Waals surface area contributed by atoms with Crippen LogP contribution in [-0.2, 0) is 17.6 Å². The monoisotopic (exact) mass is 212 g/mol. The van der Waals surface area contributed by atoms with Crippen molar-refractivity contribution >= 4 is 17.6 Å². The summed E-state index contributed by atoms with van der Waals surface area (Å²) < 4.78 is 0. The van der Waals surface area contributed by atoms with Crippen molar-refractivity contribution in [3.8, 4) is 0 Å². The fraction of sp³-hybridized carbons (Fsp3) is 0.364. The molecule has 0 atom stereocenters. The van der Waals surface area contributed by atoms with Crippen LogP contribution in [0.3, 0.4) is 0 Å². The molecule has 0 saturated carbocycles. The van der Waals surface area contributed by atoms with Gasteiger partial charge in [-0.2, -0.15) is 0 Å². The van der Waals surface area contributed by atoms with Gasteiger partial charge >= 0.3 is 5.97 Å². The summed E-state index contributed by atoms with van der Waals surface area (Å²) in [5, 5.41) is 9.29. The minimum absolute atomic E-state index is 0.171. The van der Waals surface area contributed by atoms with Crippen molar-refractivity contribution in [3.05, 3.63) is 34.3 Å². The minimum Gasteiger partial charge on any atom is -0.481 e. The van der Waals surface area contributed by atoms with Crippen molar-refractivity contribution in [3.63, 3.8) is 0 Å². The third-order valence-electron chi connectivity index (χ3n) is 2.12. The Hall–Kier alpha value is -1.02. The molecule has 0 amide bonds. The summed E-state index contributed by atoms with van der Waals surface area (Å²) in [5.41, 5.74) is 2.11.